The molecule has 1 aliphatic rings. The Morgan fingerprint density at radius 1 is 0.962 bits per heavy atom. The Labute approximate surface area is 157 Å². The summed E-state index contributed by atoms with van der Waals surface area (Å²) < 4.78 is 6.25. The summed E-state index contributed by atoms with van der Waals surface area (Å²) in [6, 6.07) is 23.2. The molecular weight excluding hydrogens is 338 g/mol. The Balaban J connectivity index is 1.93. The van der Waals surface area contributed by atoms with Crippen LogP contribution >= 0.6 is 0 Å². The fourth-order valence-electron chi connectivity index (χ4n) is 3.35. The Bertz CT molecular complexity index is 754. The van der Waals surface area contributed by atoms with Crippen LogP contribution in [0, 0.1) is 11.3 Å². The van der Waals surface area contributed by atoms with Gasteiger partial charge in [0.05, 0.1) is 19.2 Å². The van der Waals surface area contributed by atoms with E-state index in [2.05, 4.69) is 59.8 Å². The second-order valence-electron chi connectivity index (χ2n) is 7.79. The maximum atomic E-state index is 10.3. The van der Waals surface area contributed by atoms with Gasteiger partial charge in [0.15, 0.2) is 13.9 Å². The number of para-hydroxylation sites is 2. The van der Waals surface area contributed by atoms with Gasteiger partial charge in [-0.25, -0.2) is 0 Å². The first kappa shape index (κ1) is 18.5. The minimum Gasteiger partial charge on any atom is -0.414 e. The summed E-state index contributed by atoms with van der Waals surface area (Å²) in [5, 5.41) is 10.3. The molecule has 26 heavy (non-hydrogen) atoms. The molecule has 0 radical (unpaired) electrons. The molecule has 4 nitrogen and oxygen atoms in total. The van der Waals surface area contributed by atoms with E-state index < -0.39 is 13.9 Å². The molecule has 0 aromatic heterocycles. The van der Waals surface area contributed by atoms with Crippen LogP contribution < -0.4 is 9.80 Å². The number of nitrogens with zero attached hydrogens (tertiary/aromatic N) is 3. The molecule has 1 unspecified atom stereocenters. The zero-order valence-electron chi connectivity index (χ0n) is 15.9. The smallest absolute Gasteiger partial charge is 0.183 e. The summed E-state index contributed by atoms with van der Waals surface area (Å²) in [7, 11) is -1.73. The minimum atomic E-state index is -1.73. The molecule has 0 bridgehead atoms. The first-order valence-electron chi connectivity index (χ1n) is 9.11. The monoisotopic (exact) mass is 365 g/mol. The molecule has 1 saturated heterocycles. The second kappa shape index (κ2) is 7.53. The topological polar surface area (TPSA) is 39.5 Å². The van der Waals surface area contributed by atoms with Crippen LogP contribution in [0.2, 0.25) is 19.6 Å². The van der Waals surface area contributed by atoms with Crippen molar-refractivity contribution in [3.8, 4) is 6.07 Å². The third-order valence-corrected chi connectivity index (χ3v) is 5.71. The molecule has 0 N–H and O–H groups in total. The third kappa shape index (κ3) is 4.09. The van der Waals surface area contributed by atoms with Crippen molar-refractivity contribution in [3.05, 3.63) is 60.7 Å². The summed E-state index contributed by atoms with van der Waals surface area (Å²) in [4.78, 5) is 4.53. The van der Waals surface area contributed by atoms with Crippen LogP contribution in [0.5, 0.6) is 0 Å². The number of rotatable bonds is 5. The molecule has 0 aliphatic carbocycles. The predicted molar refractivity (Wildman–Crippen MR) is 110 cm³/mol. The number of nitriles is 1. The van der Waals surface area contributed by atoms with Crippen LogP contribution in [0.15, 0.2) is 60.7 Å². The highest BCUT2D eigenvalue weighted by atomic mass is 28.4. The Morgan fingerprint density at radius 2 is 1.54 bits per heavy atom. The van der Waals surface area contributed by atoms with E-state index in [0.29, 0.717) is 13.2 Å². The molecule has 0 amide bonds. The van der Waals surface area contributed by atoms with Crippen molar-refractivity contribution in [1.82, 2.24) is 0 Å². The molecule has 1 fully saturated rings. The molecule has 3 rings (SSSR count). The van der Waals surface area contributed by atoms with Gasteiger partial charge in [0, 0.05) is 24.5 Å². The van der Waals surface area contributed by atoms with Gasteiger partial charge in [0.25, 0.3) is 0 Å². The zero-order chi connectivity index (χ0) is 18.6. The molecule has 1 atom stereocenters. The van der Waals surface area contributed by atoms with Gasteiger partial charge in [-0.05, 0) is 43.9 Å². The lowest BCUT2D eigenvalue weighted by atomic mass is 9.95. The van der Waals surface area contributed by atoms with E-state index in [9.17, 15) is 5.26 Å². The number of hydrogen-bond acceptors (Lipinski definition) is 4. The lowest BCUT2D eigenvalue weighted by Crippen LogP contribution is -2.65. The highest BCUT2D eigenvalue weighted by molar-refractivity contribution is 6.69. The molecule has 0 saturated carbocycles. The van der Waals surface area contributed by atoms with Gasteiger partial charge in [-0.15, -0.1) is 0 Å². The molecular formula is C21H27N3OSi. The van der Waals surface area contributed by atoms with Crippen LogP contribution in [0.25, 0.3) is 0 Å². The number of benzene rings is 2. The summed E-state index contributed by atoms with van der Waals surface area (Å²) in [5.41, 5.74) is 1.55. The molecule has 5 heteroatoms. The van der Waals surface area contributed by atoms with Gasteiger partial charge < -0.3 is 14.2 Å². The number of anilines is 2. The molecule has 1 heterocycles. The highest BCUT2D eigenvalue weighted by Gasteiger charge is 2.43. The van der Waals surface area contributed by atoms with Crippen molar-refractivity contribution < 1.29 is 4.43 Å². The molecule has 2 aromatic rings. The fourth-order valence-corrected chi connectivity index (χ4v) is 4.02. The lowest BCUT2D eigenvalue weighted by Gasteiger charge is -2.49. The van der Waals surface area contributed by atoms with Gasteiger partial charge in [0.2, 0.25) is 0 Å². The van der Waals surface area contributed by atoms with E-state index in [1.165, 1.54) is 0 Å². The van der Waals surface area contributed by atoms with Crippen LogP contribution in [-0.4, -0.2) is 40.1 Å². The van der Waals surface area contributed by atoms with E-state index in [1.807, 2.05) is 36.4 Å². The molecule has 2 aromatic carbocycles. The lowest BCUT2D eigenvalue weighted by molar-refractivity contribution is 0.231. The van der Waals surface area contributed by atoms with Gasteiger partial charge in [-0.1, -0.05) is 36.4 Å². The predicted octanol–water partition coefficient (Wildman–Crippen LogP) is 4.13. The number of piperazine rings is 1. The summed E-state index contributed by atoms with van der Waals surface area (Å²) in [6.07, 6.45) is 0. The van der Waals surface area contributed by atoms with Crippen molar-refractivity contribution in [1.29, 1.82) is 5.26 Å². The van der Waals surface area contributed by atoms with Crippen molar-refractivity contribution in [2.45, 2.75) is 25.2 Å². The van der Waals surface area contributed by atoms with Crippen LogP contribution in [-0.2, 0) is 4.43 Å². The van der Waals surface area contributed by atoms with Gasteiger partial charge in [-0.3, -0.25) is 0 Å². The van der Waals surface area contributed by atoms with Crippen LogP contribution in [0.4, 0.5) is 11.4 Å². The largest absolute Gasteiger partial charge is 0.414 e. The summed E-state index contributed by atoms with van der Waals surface area (Å²) >= 11 is 0. The Kier molecular flexibility index (Phi) is 5.35. The number of hydrogen-bond donors (Lipinski definition) is 0. The van der Waals surface area contributed by atoms with Crippen molar-refractivity contribution >= 4 is 19.7 Å². The van der Waals surface area contributed by atoms with Crippen LogP contribution in [0.1, 0.15) is 0 Å². The van der Waals surface area contributed by atoms with E-state index in [-0.39, 0.29) is 0 Å². The normalized spacial score (nSPS) is 20.7. The zero-order valence-corrected chi connectivity index (χ0v) is 16.9. The average molecular weight is 366 g/mol. The van der Waals surface area contributed by atoms with Crippen molar-refractivity contribution in [2.24, 2.45) is 0 Å². The standard InChI is InChI=1S/C21H27N3OSi/c1-26(2,3)25-18-21(16-22)17-23(19-10-6-4-7-11-19)14-15-24(21)20-12-8-5-9-13-20/h4-13H,14-15,17-18H2,1-3H3. The van der Waals surface area contributed by atoms with E-state index in [1.54, 1.807) is 0 Å². The maximum Gasteiger partial charge on any atom is 0.183 e. The summed E-state index contributed by atoms with van der Waals surface area (Å²) in [6.45, 7) is 9.25. The Morgan fingerprint density at radius 3 is 2.08 bits per heavy atom. The molecule has 0 spiro atoms. The molecule has 1 aliphatic heterocycles. The van der Waals surface area contributed by atoms with E-state index in [4.69, 9.17) is 4.43 Å². The van der Waals surface area contributed by atoms with E-state index >= 15 is 0 Å². The van der Waals surface area contributed by atoms with Crippen molar-refractivity contribution in [2.75, 3.05) is 36.0 Å². The first-order chi connectivity index (χ1) is 12.4. The van der Waals surface area contributed by atoms with Gasteiger partial charge >= 0.3 is 0 Å². The van der Waals surface area contributed by atoms with Gasteiger partial charge in [0.1, 0.15) is 0 Å². The van der Waals surface area contributed by atoms with Gasteiger partial charge in [-0.2, -0.15) is 5.26 Å². The molecule has 136 valence electrons. The second-order valence-corrected chi connectivity index (χ2v) is 12.3. The maximum absolute atomic E-state index is 10.3. The first-order valence-corrected chi connectivity index (χ1v) is 12.5. The Hall–Kier alpha value is -2.29. The third-order valence-electron chi connectivity index (χ3n) is 4.70. The average Bonchev–Trinajstić information content (AvgIpc) is 2.67. The SMILES string of the molecule is C[Si](C)(C)OCC1(C#N)CN(c2ccccc2)CCN1c1ccccc1. The quantitative estimate of drug-likeness (QED) is 0.747. The highest BCUT2D eigenvalue weighted by Crippen LogP contribution is 2.31. The fraction of sp³-hybridized carbons (Fsp3) is 0.381. The minimum absolute atomic E-state index is 0.428. The van der Waals surface area contributed by atoms with E-state index in [0.717, 1.165) is 24.5 Å². The summed E-state index contributed by atoms with van der Waals surface area (Å²) in [5.74, 6) is 0. The van der Waals surface area contributed by atoms with Crippen LogP contribution in [0.3, 0.4) is 0 Å². The van der Waals surface area contributed by atoms with Crippen molar-refractivity contribution in [3.63, 3.8) is 0 Å².